The Hall–Kier alpha value is -8.74. The number of Topliss-reactive ketones (excluding diaryl/α,β-unsaturated/α-hetero) is 2. The Morgan fingerprint density at radius 3 is 0.964 bits per heavy atom. The summed E-state index contributed by atoms with van der Waals surface area (Å²) in [6.07, 6.45) is 22.0. The Labute approximate surface area is 842 Å². The summed E-state index contributed by atoms with van der Waals surface area (Å²) in [5.41, 5.74) is -7.00. The van der Waals surface area contributed by atoms with Crippen LogP contribution in [0.25, 0.3) is 6.15 Å². The third-order valence-electron chi connectivity index (χ3n) is 21.8. The third kappa shape index (κ3) is 62.0. The number of ketones is 2. The molecule has 4 saturated carbocycles. The van der Waals surface area contributed by atoms with Crippen molar-refractivity contribution < 1.29 is 243 Å². The Morgan fingerprint density at radius 1 is 0.436 bits per heavy atom. The number of aliphatic hydroxyl groups is 2. The molecular weight excluding hydrogens is 2050 g/mol. The third-order valence-corrected chi connectivity index (χ3v) is 22.8. The first kappa shape index (κ1) is 142. The molecule has 0 aromatic rings. The number of allylic oxidation sites excluding steroid dienone is 4. The molecule has 5 heterocycles. The van der Waals surface area contributed by atoms with Crippen molar-refractivity contribution in [2.24, 2.45) is 51.2 Å². The van der Waals surface area contributed by atoms with Crippen molar-refractivity contribution >= 4 is 64.6 Å². The summed E-state index contributed by atoms with van der Waals surface area (Å²) in [6, 6.07) is 0. The summed E-state index contributed by atoms with van der Waals surface area (Å²) in [7, 11) is -5.94. The molecule has 2 unspecified atom stereocenters. The van der Waals surface area contributed by atoms with E-state index in [9.17, 15) is 59.9 Å². The van der Waals surface area contributed by atoms with Crippen LogP contribution in [0.4, 0.5) is 13.2 Å². The number of ether oxygens (including phenoxy) is 12. The monoisotopic (exact) mass is 2190 g/mol. The van der Waals surface area contributed by atoms with E-state index in [4.69, 9.17) is 153 Å². The predicted molar refractivity (Wildman–Crippen MR) is 471 cm³/mol. The molecule has 0 aromatic heterocycles. The first-order valence-electron chi connectivity index (χ1n) is 44.0. The molecule has 2 atom stereocenters. The van der Waals surface area contributed by atoms with Crippen LogP contribution in [-0.2, 0) is 134 Å². The Bertz CT molecular complexity index is 3680. The number of nitrogens with zero attached hydrogens (tertiary/aromatic N) is 6. The van der Waals surface area contributed by atoms with E-state index in [1.54, 1.807) is 27.7 Å². The van der Waals surface area contributed by atoms with Gasteiger partial charge in [-0.15, -0.1) is 60.7 Å². The van der Waals surface area contributed by atoms with Gasteiger partial charge in [0.1, 0.15) is 17.3 Å². The second-order valence-corrected chi connectivity index (χ2v) is 34.2. The van der Waals surface area contributed by atoms with Crippen LogP contribution in [0.1, 0.15) is 264 Å². The molecule has 0 bridgehead atoms. The summed E-state index contributed by atoms with van der Waals surface area (Å²) in [5, 5.41) is 79.4. The fourth-order valence-corrected chi connectivity index (χ4v) is 13.8. The van der Waals surface area contributed by atoms with Crippen LogP contribution in [0.5, 0.6) is 0 Å². The Balaban J connectivity index is -0.000000356. The van der Waals surface area contributed by atoms with Gasteiger partial charge >= 0.3 is 73.8 Å². The van der Waals surface area contributed by atoms with Crippen molar-refractivity contribution in [3.05, 3.63) is 90.2 Å². The van der Waals surface area contributed by atoms with Crippen LogP contribution < -0.4 is 17.7 Å². The molecule has 5 saturated heterocycles. The fraction of sp³-hybridized carbons (Fsp3) is 0.848. The van der Waals surface area contributed by atoms with Gasteiger partial charge < -0.3 is 102 Å². The summed E-state index contributed by atoms with van der Waals surface area (Å²) >= 11 is 0. The first-order valence-corrected chi connectivity index (χ1v) is 45.4. The predicted octanol–water partition coefficient (Wildman–Crippen LogP) is 9.59. The summed E-state index contributed by atoms with van der Waals surface area (Å²) < 4.78 is 137. The number of aliphatic hydroxyl groups excluding tert-OH is 2. The number of carbonyl (C=O) groups excluding carboxylic acids is 8. The van der Waals surface area contributed by atoms with Crippen molar-refractivity contribution in [3.63, 3.8) is 0 Å². The molecule has 9 fully saturated rings. The minimum Gasteiger partial charge on any atom is -0.693 e. The SMILES string of the molecule is C1CCOC1.C1CCOC1.CCOC(=O)C1(C)CC=C(B2OC(C)(C)C(C)(C)O2)CC1.CCOC(=O)C1(C)CC=C(OS(=O)(=O)C(F)(F)F)CC1.CCOC(=O)C1(C)CCC(=O)CC1.CCOC(=O)C1(C)CCC2(CC1)OCCO2.CCOC(=O)C1CCC(=O)CC1.CCOC(=O)C1CCC2(CC1)OCCO2.NO[N+](=O)[O-].NO[N+](=O)[O-].NO[N+](=O)[O-].O=[N+]([O-])O.O=[N+]([O-])O.O=[N+]([O-])O.OCCO.[Ce].[NH2-]. The Morgan fingerprint density at radius 2 is 0.707 bits per heavy atom. The maximum Gasteiger partial charge on any atom is 0.534 e. The summed E-state index contributed by atoms with van der Waals surface area (Å²) in [5.74, 6) is 10.4. The molecule has 0 amide bonds. The van der Waals surface area contributed by atoms with Gasteiger partial charge in [0.25, 0.3) is 15.3 Å². The van der Waals surface area contributed by atoms with Crippen molar-refractivity contribution in [3.8, 4) is 0 Å². The van der Waals surface area contributed by atoms with Gasteiger partial charge in [0.2, 0.25) is 0 Å². The van der Waals surface area contributed by atoms with Gasteiger partial charge in [-0.25, -0.2) is 14.8 Å². The van der Waals surface area contributed by atoms with E-state index in [0.717, 1.165) is 96.1 Å². The number of carbonyl (C=O) groups is 8. The van der Waals surface area contributed by atoms with Gasteiger partial charge in [0, 0.05) is 126 Å². The molecule has 11 aliphatic rings. The Kier molecular flexibility index (Phi) is 76.1. The number of rotatable bonds is 19. The quantitative estimate of drug-likeness (QED) is 0.0113. The largest absolute Gasteiger partial charge is 0.693 e. The summed E-state index contributed by atoms with van der Waals surface area (Å²) in [6.45, 7) is 35.3. The molecule has 5 aliphatic heterocycles. The molecule has 140 heavy (non-hydrogen) atoms. The number of halogens is 3. The second kappa shape index (κ2) is 75.1. The molecule has 0 radical (unpaired) electrons. The number of hydrogen-bond donors (Lipinski definition) is 8. The van der Waals surface area contributed by atoms with Crippen molar-refractivity contribution in [1.29, 1.82) is 0 Å². The molecule has 6 aliphatic carbocycles. The molecule has 61 heteroatoms. The van der Waals surface area contributed by atoms with E-state index >= 15 is 0 Å². The van der Waals surface area contributed by atoms with Gasteiger partial charge in [-0.1, -0.05) is 6.08 Å². The van der Waals surface area contributed by atoms with Crippen LogP contribution in [-0.4, -0.2) is 253 Å². The standard InChI is InChI=1S/C16H27BO4.C12H20O4.C11H15F3O5S.C11H18O4.C10H16O3.C9H14O3.2C4H8O.C2H6O2.Ce.3H2N2O3.3HNO3.H2N/c1-7-19-13(18)16(6)10-8-12(9-11-16)17-20-14(2,3)15(4,5)21-17;1-3-14-10(13)11(2)4-6-12(7-5-11)15-8-9-16-12;1-3-18-9(15)10(2)6-4-8(5-7-10)19-20(16,17)11(12,13)14;1-2-13-10(12)9-3-5-11(6-4-9)14-7-8-15-11;1-3-13-9(12)10(2)6-4-8(11)5-7-10;1-2-12-9(11)7-3-5-8(10)6-4-7;2*1-2-4-5-3-1;3-1-2-4;;3*1-5-2(3)4;3*2-1(3)4;/h8H,7,9-11H2,1-6H3;3-9H2,1-2H3;4H,3,5-7H2,1-2H3;9H,2-8H2,1H3;3-7H2,1-2H3;7H,2-6H2,1H3;2*1-4H2;3-4H,1-2H2;;3*1H2;3*(H,2,3,4);1H2/q;;;;;;;;;;;;;;;;-1. The van der Waals surface area contributed by atoms with E-state index in [1.807, 2.05) is 41.5 Å². The molecule has 814 valence electrons. The van der Waals surface area contributed by atoms with E-state index < -0.39 is 74.1 Å². The van der Waals surface area contributed by atoms with Gasteiger partial charge in [-0.05, 0) is 218 Å². The smallest absolute Gasteiger partial charge is 0.534 e. The van der Waals surface area contributed by atoms with Crippen LogP contribution in [0.3, 0.4) is 0 Å². The normalized spacial score (nSPS) is 21.0. The maximum absolute atomic E-state index is 12.2. The number of esters is 6. The van der Waals surface area contributed by atoms with Crippen LogP contribution in [0.15, 0.2) is 23.4 Å². The summed E-state index contributed by atoms with van der Waals surface area (Å²) in [4.78, 5) is 152. The molecule has 2 spiro atoms. The fourth-order valence-electron chi connectivity index (χ4n) is 13.2. The van der Waals surface area contributed by atoms with E-state index in [0.29, 0.717) is 117 Å². The van der Waals surface area contributed by atoms with Gasteiger partial charge in [0.05, 0.1) is 124 Å². The zero-order valence-corrected chi connectivity index (χ0v) is 85.6. The number of hydrogen-bond acceptors (Lipinski definition) is 45. The molecule has 0 aromatic carbocycles. The van der Waals surface area contributed by atoms with E-state index in [-0.39, 0.29) is 176 Å². The van der Waals surface area contributed by atoms with Gasteiger partial charge in [0.15, 0.2) is 11.6 Å². The molecule has 11 rings (SSSR count). The number of nitrogens with two attached hydrogens (primary N) is 4. The van der Waals surface area contributed by atoms with Crippen molar-refractivity contribution in [1.82, 2.24) is 0 Å². The topological polar surface area (TPSA) is 808 Å². The van der Waals surface area contributed by atoms with Gasteiger partial charge in [-0.2, -0.15) is 39.3 Å². The minimum atomic E-state index is -5.65. The molecular formula is C79H143BCeF3N10O45S-. The average Bonchev–Trinajstić information content (AvgIpc) is 1.61. The maximum atomic E-state index is 12.2. The molecule has 13 N–H and O–H groups in total. The van der Waals surface area contributed by atoms with Crippen LogP contribution >= 0.6 is 0 Å². The van der Waals surface area contributed by atoms with Crippen molar-refractivity contribution in [2.75, 3.05) is 106 Å². The van der Waals surface area contributed by atoms with Crippen molar-refractivity contribution in [2.45, 2.75) is 292 Å². The van der Waals surface area contributed by atoms with E-state index in [1.165, 1.54) is 31.8 Å². The second-order valence-electron chi connectivity index (χ2n) is 32.7. The molecule has 55 nitrogen and oxygen atoms in total. The zero-order valence-electron chi connectivity index (χ0n) is 81.7. The number of alkyl halides is 3. The minimum absolute atomic E-state index is 0. The van der Waals surface area contributed by atoms with Crippen LogP contribution in [0, 0.1) is 136 Å². The average molecular weight is 2190 g/mol. The van der Waals surface area contributed by atoms with E-state index in [2.05, 4.69) is 70.5 Å². The van der Waals surface area contributed by atoms with Gasteiger partial charge in [-0.3, -0.25) is 38.4 Å². The first-order chi connectivity index (χ1) is 64.2. The van der Waals surface area contributed by atoms with Crippen LogP contribution in [0.2, 0.25) is 0 Å². The zero-order chi connectivity index (χ0) is 107.